The minimum absolute atomic E-state index is 0.00359. The molecule has 1 aromatic rings. The van der Waals surface area contributed by atoms with Gasteiger partial charge in [0.2, 0.25) is 0 Å². The van der Waals surface area contributed by atoms with Gasteiger partial charge in [-0.25, -0.2) is 4.79 Å². The minimum Gasteiger partial charge on any atom is -0.451 e. The highest BCUT2D eigenvalue weighted by Crippen LogP contribution is 2.38. The number of nitrogens with one attached hydrogen (secondary N) is 2. The van der Waals surface area contributed by atoms with E-state index in [1.807, 2.05) is 6.92 Å². The van der Waals surface area contributed by atoms with Gasteiger partial charge < -0.3 is 15.4 Å². The van der Waals surface area contributed by atoms with Crippen LogP contribution >= 0.6 is 11.6 Å². The van der Waals surface area contributed by atoms with Gasteiger partial charge in [0.05, 0.1) is 0 Å². The molecule has 3 rings (SSSR count). The Morgan fingerprint density at radius 2 is 2.14 bits per heavy atom. The van der Waals surface area contributed by atoms with Crippen molar-refractivity contribution in [2.45, 2.75) is 51.2 Å². The third-order valence-electron chi connectivity index (χ3n) is 5.56. The zero-order chi connectivity index (χ0) is 21.2. The Kier molecular flexibility index (Phi) is 6.12. The van der Waals surface area contributed by atoms with Crippen molar-refractivity contribution in [2.75, 3.05) is 11.9 Å². The van der Waals surface area contributed by atoms with Crippen molar-refractivity contribution in [3.63, 3.8) is 0 Å². The van der Waals surface area contributed by atoms with Crippen LogP contribution in [0.3, 0.4) is 0 Å². The molecule has 1 saturated heterocycles. The Hall–Kier alpha value is -2.61. The quantitative estimate of drug-likeness (QED) is 0.561. The average Bonchev–Trinajstić information content (AvgIpc) is 2.89. The number of carbonyl (C=O) groups is 4. The first kappa shape index (κ1) is 21.1. The van der Waals surface area contributed by atoms with Crippen molar-refractivity contribution in [1.29, 1.82) is 0 Å². The van der Waals surface area contributed by atoms with Crippen molar-refractivity contribution in [3.8, 4) is 0 Å². The number of hydrogen-bond acceptors (Lipinski definition) is 5. The lowest BCUT2D eigenvalue weighted by Gasteiger charge is -2.36. The van der Waals surface area contributed by atoms with Crippen LogP contribution in [0.25, 0.3) is 0 Å². The van der Waals surface area contributed by atoms with Crippen LogP contribution in [-0.2, 0) is 19.1 Å². The average molecular weight is 422 g/mol. The summed E-state index contributed by atoms with van der Waals surface area (Å²) >= 11 is 5.87. The Balaban J connectivity index is 1.58. The molecule has 1 heterocycles. The van der Waals surface area contributed by atoms with Crippen molar-refractivity contribution < 1.29 is 23.9 Å². The Morgan fingerprint density at radius 3 is 2.83 bits per heavy atom. The van der Waals surface area contributed by atoms with Crippen LogP contribution in [-0.4, -0.2) is 46.9 Å². The predicted octanol–water partition coefficient (Wildman–Crippen LogP) is 2.71. The summed E-state index contributed by atoms with van der Waals surface area (Å²) in [5, 5.41) is 5.82. The lowest BCUT2D eigenvalue weighted by molar-refractivity contribution is -0.155. The van der Waals surface area contributed by atoms with Gasteiger partial charge in [-0.2, -0.15) is 0 Å². The normalized spacial score (nSPS) is 24.9. The standard InChI is InChI=1S/C20H24ClN3O5/c1-12-6-3-4-9-20(12)18(27)24(19(28)23-20)11-16(25)29-13(2)17(26)22-15-8-5-7-14(21)10-15/h5,7-8,10,12-13H,3-4,6,9,11H2,1-2H3,(H,22,26)(H,23,28)/t12-,13-,20-/m0/s1. The molecule has 2 N–H and O–H groups in total. The number of imide groups is 1. The van der Waals surface area contributed by atoms with E-state index in [-0.39, 0.29) is 5.92 Å². The second kappa shape index (κ2) is 8.41. The number of anilines is 1. The number of ether oxygens (including phenoxy) is 1. The summed E-state index contributed by atoms with van der Waals surface area (Å²) in [5.74, 6) is -1.78. The van der Waals surface area contributed by atoms with E-state index < -0.39 is 42.0 Å². The van der Waals surface area contributed by atoms with Crippen LogP contribution in [0.15, 0.2) is 24.3 Å². The van der Waals surface area contributed by atoms with E-state index in [9.17, 15) is 19.2 Å². The number of urea groups is 1. The topological polar surface area (TPSA) is 105 Å². The lowest BCUT2D eigenvalue weighted by atomic mass is 9.73. The summed E-state index contributed by atoms with van der Waals surface area (Å²) in [4.78, 5) is 50.6. The van der Waals surface area contributed by atoms with E-state index in [4.69, 9.17) is 16.3 Å². The van der Waals surface area contributed by atoms with E-state index in [1.54, 1.807) is 24.3 Å². The predicted molar refractivity (Wildman–Crippen MR) is 106 cm³/mol. The molecule has 1 aliphatic carbocycles. The van der Waals surface area contributed by atoms with Gasteiger partial charge in [0.25, 0.3) is 11.8 Å². The summed E-state index contributed by atoms with van der Waals surface area (Å²) in [7, 11) is 0. The van der Waals surface area contributed by atoms with Gasteiger partial charge >= 0.3 is 12.0 Å². The summed E-state index contributed by atoms with van der Waals surface area (Å²) in [6.45, 7) is 2.81. The SMILES string of the molecule is C[C@H](OC(=O)CN1C(=O)N[C@]2(CCCC[C@@H]2C)C1=O)C(=O)Nc1cccc(Cl)c1. The monoisotopic (exact) mass is 421 g/mol. The highest BCUT2D eigenvalue weighted by atomic mass is 35.5. The van der Waals surface area contributed by atoms with Gasteiger partial charge in [-0.05, 0) is 43.9 Å². The van der Waals surface area contributed by atoms with E-state index in [2.05, 4.69) is 10.6 Å². The van der Waals surface area contributed by atoms with Gasteiger partial charge in [-0.3, -0.25) is 19.3 Å². The summed E-state index contributed by atoms with van der Waals surface area (Å²) < 4.78 is 5.12. The van der Waals surface area contributed by atoms with E-state index >= 15 is 0 Å². The van der Waals surface area contributed by atoms with Crippen LogP contribution in [0, 0.1) is 5.92 Å². The Morgan fingerprint density at radius 1 is 1.38 bits per heavy atom. The molecule has 0 aromatic heterocycles. The highest BCUT2D eigenvalue weighted by Gasteiger charge is 2.55. The van der Waals surface area contributed by atoms with Crippen molar-refractivity contribution >= 4 is 41.1 Å². The van der Waals surface area contributed by atoms with Crippen molar-refractivity contribution in [3.05, 3.63) is 29.3 Å². The molecule has 0 bridgehead atoms. The molecule has 2 aliphatic rings. The molecular formula is C20H24ClN3O5. The molecule has 1 spiro atoms. The second-order valence-electron chi connectivity index (χ2n) is 7.57. The summed E-state index contributed by atoms with van der Waals surface area (Å²) in [6.07, 6.45) is 2.14. The molecule has 2 fully saturated rings. The van der Waals surface area contributed by atoms with Crippen LogP contribution < -0.4 is 10.6 Å². The van der Waals surface area contributed by atoms with E-state index in [0.717, 1.165) is 24.2 Å². The summed E-state index contributed by atoms with van der Waals surface area (Å²) in [5.41, 5.74) is -0.474. The largest absolute Gasteiger partial charge is 0.451 e. The smallest absolute Gasteiger partial charge is 0.327 e. The first-order chi connectivity index (χ1) is 13.7. The fourth-order valence-corrected chi connectivity index (χ4v) is 4.06. The van der Waals surface area contributed by atoms with Crippen molar-refractivity contribution in [1.82, 2.24) is 10.2 Å². The molecule has 4 amide bonds. The van der Waals surface area contributed by atoms with Crippen LogP contribution in [0.4, 0.5) is 10.5 Å². The minimum atomic E-state index is -1.11. The zero-order valence-corrected chi connectivity index (χ0v) is 17.1. The first-order valence-corrected chi connectivity index (χ1v) is 10.0. The number of halogens is 1. The zero-order valence-electron chi connectivity index (χ0n) is 16.4. The van der Waals surface area contributed by atoms with E-state index in [0.29, 0.717) is 17.1 Å². The van der Waals surface area contributed by atoms with Gasteiger partial charge in [0.15, 0.2) is 6.10 Å². The first-order valence-electron chi connectivity index (χ1n) is 9.63. The molecule has 0 unspecified atom stereocenters. The lowest BCUT2D eigenvalue weighted by Crippen LogP contribution is -2.54. The molecule has 3 atom stereocenters. The number of nitrogens with zero attached hydrogens (tertiary/aromatic N) is 1. The fraction of sp³-hybridized carbons (Fsp3) is 0.500. The number of carbonyl (C=O) groups excluding carboxylic acids is 4. The number of amides is 4. The molecule has 156 valence electrons. The molecule has 0 radical (unpaired) electrons. The molecule has 1 aliphatic heterocycles. The molecule has 1 aromatic carbocycles. The Bertz CT molecular complexity index is 845. The third kappa shape index (κ3) is 4.37. The van der Waals surface area contributed by atoms with Crippen LogP contribution in [0.1, 0.15) is 39.5 Å². The molecular weight excluding hydrogens is 398 g/mol. The second-order valence-corrected chi connectivity index (χ2v) is 8.01. The van der Waals surface area contributed by atoms with E-state index in [1.165, 1.54) is 6.92 Å². The highest BCUT2D eigenvalue weighted by molar-refractivity contribution is 6.30. The van der Waals surface area contributed by atoms with Gasteiger partial charge in [0, 0.05) is 10.7 Å². The molecule has 9 heteroatoms. The molecule has 1 saturated carbocycles. The molecule has 29 heavy (non-hydrogen) atoms. The van der Waals surface area contributed by atoms with Gasteiger partial charge in [-0.15, -0.1) is 0 Å². The maximum absolute atomic E-state index is 12.9. The van der Waals surface area contributed by atoms with Crippen molar-refractivity contribution in [2.24, 2.45) is 5.92 Å². The van der Waals surface area contributed by atoms with Gasteiger partial charge in [0.1, 0.15) is 12.1 Å². The maximum atomic E-state index is 12.9. The number of benzene rings is 1. The van der Waals surface area contributed by atoms with Crippen LogP contribution in [0.5, 0.6) is 0 Å². The fourth-order valence-electron chi connectivity index (χ4n) is 3.87. The third-order valence-corrected chi connectivity index (χ3v) is 5.79. The number of esters is 1. The van der Waals surface area contributed by atoms with Gasteiger partial charge in [-0.1, -0.05) is 37.4 Å². The number of rotatable bonds is 5. The molecule has 8 nitrogen and oxygen atoms in total. The number of hydrogen-bond donors (Lipinski definition) is 2. The maximum Gasteiger partial charge on any atom is 0.327 e. The van der Waals surface area contributed by atoms with Crippen LogP contribution in [0.2, 0.25) is 5.02 Å². The summed E-state index contributed by atoms with van der Waals surface area (Å²) in [6, 6.07) is 5.95. The Labute approximate surface area is 173 Å².